The molecule has 32 heavy (non-hydrogen) atoms. The minimum Gasteiger partial charge on any atom is -0.469 e. The van der Waals surface area contributed by atoms with Gasteiger partial charge in [-0.25, -0.2) is 9.97 Å². The number of aliphatic hydroxyl groups excluding tert-OH is 3. The van der Waals surface area contributed by atoms with E-state index in [9.17, 15) is 20.1 Å². The molecule has 1 aromatic carbocycles. The highest BCUT2D eigenvalue weighted by molar-refractivity contribution is 5.75. The number of carbonyl (C=O) groups excluding carboxylic acids is 1. The van der Waals surface area contributed by atoms with Crippen molar-refractivity contribution in [3.05, 3.63) is 41.7 Å². The molecule has 1 heterocycles. The van der Waals surface area contributed by atoms with Gasteiger partial charge in [0.05, 0.1) is 47.8 Å². The number of para-hydroxylation sites is 2. The summed E-state index contributed by atoms with van der Waals surface area (Å²) in [7, 11) is 1.32. The number of ether oxygens (including phenoxy) is 1. The number of hydrogen-bond acceptors (Lipinski definition) is 7. The predicted molar refractivity (Wildman–Crippen MR) is 125 cm³/mol. The molecule has 1 aromatic heterocycles. The fourth-order valence-electron chi connectivity index (χ4n) is 3.52. The van der Waals surface area contributed by atoms with E-state index in [0.717, 1.165) is 19.3 Å². The number of aromatic nitrogens is 2. The molecule has 3 N–H and O–H groups in total. The second-order valence-corrected chi connectivity index (χ2v) is 8.09. The van der Waals surface area contributed by atoms with Crippen molar-refractivity contribution < 1.29 is 24.9 Å². The van der Waals surface area contributed by atoms with E-state index in [-0.39, 0.29) is 18.8 Å². The number of rotatable bonds is 14. The van der Waals surface area contributed by atoms with Gasteiger partial charge in [0.15, 0.2) is 0 Å². The summed E-state index contributed by atoms with van der Waals surface area (Å²) in [5.74, 6) is -0.345. The Bertz CT molecular complexity index is 871. The van der Waals surface area contributed by atoms with E-state index in [1.165, 1.54) is 26.0 Å². The largest absolute Gasteiger partial charge is 0.469 e. The van der Waals surface area contributed by atoms with Gasteiger partial charge in [-0.2, -0.15) is 0 Å². The summed E-state index contributed by atoms with van der Waals surface area (Å²) in [6.45, 7) is 2.17. The van der Waals surface area contributed by atoms with Crippen LogP contribution in [0.2, 0.25) is 0 Å². The third kappa shape index (κ3) is 8.30. The average Bonchev–Trinajstić information content (AvgIpc) is 2.81. The zero-order valence-electron chi connectivity index (χ0n) is 19.1. The minimum absolute atomic E-state index is 0.189. The molecule has 0 fully saturated rings. The van der Waals surface area contributed by atoms with Gasteiger partial charge in [0.1, 0.15) is 0 Å². The van der Waals surface area contributed by atoms with Gasteiger partial charge in [0.2, 0.25) is 0 Å². The number of aliphatic hydroxyl groups is 3. The Balaban J connectivity index is 2.10. The third-order valence-electron chi connectivity index (χ3n) is 5.48. The molecule has 0 aliphatic rings. The SMILES string of the molecule is CCCCCCC[C@@H](O)c1nc2ccccc2nc1/C=C/[C@@H](O)[C@@H](O)CCCC(=O)OC. The highest BCUT2D eigenvalue weighted by Gasteiger charge is 2.18. The lowest BCUT2D eigenvalue weighted by Crippen LogP contribution is -2.23. The number of fused-ring (bicyclic) bond motifs is 1. The molecule has 0 radical (unpaired) electrons. The maximum Gasteiger partial charge on any atom is 0.305 e. The molecule has 0 spiro atoms. The van der Waals surface area contributed by atoms with E-state index >= 15 is 0 Å². The molecule has 0 saturated heterocycles. The van der Waals surface area contributed by atoms with Crippen LogP contribution >= 0.6 is 0 Å². The van der Waals surface area contributed by atoms with Crippen LogP contribution in [-0.2, 0) is 9.53 Å². The number of esters is 1. The van der Waals surface area contributed by atoms with Crippen LogP contribution in [0, 0.1) is 0 Å². The molecular weight excluding hydrogens is 408 g/mol. The Hall–Kier alpha value is -2.35. The van der Waals surface area contributed by atoms with Crippen molar-refractivity contribution in [1.29, 1.82) is 0 Å². The van der Waals surface area contributed by atoms with Crippen molar-refractivity contribution in [3.8, 4) is 0 Å². The van der Waals surface area contributed by atoms with E-state index in [1.54, 1.807) is 6.08 Å². The molecule has 0 amide bonds. The highest BCUT2D eigenvalue weighted by Crippen LogP contribution is 2.24. The van der Waals surface area contributed by atoms with Crippen molar-refractivity contribution in [3.63, 3.8) is 0 Å². The van der Waals surface area contributed by atoms with Crippen molar-refractivity contribution in [2.75, 3.05) is 7.11 Å². The summed E-state index contributed by atoms with van der Waals surface area (Å²) in [4.78, 5) is 20.4. The molecule has 0 aliphatic heterocycles. The number of carbonyl (C=O) groups is 1. The lowest BCUT2D eigenvalue weighted by atomic mass is 10.0. The monoisotopic (exact) mass is 444 g/mol. The standard InChI is InChI=1S/C25H36N2O5/c1-3-4-5-6-7-13-23(30)25-20(26-18-11-8-9-12-19(18)27-25)16-17-22(29)21(28)14-10-15-24(31)32-2/h8-9,11-12,16-17,21-23,28-30H,3-7,10,13-15H2,1-2H3/b17-16+/t21-,22+,23+/m0/s1. The fraction of sp³-hybridized carbons (Fsp3) is 0.560. The van der Waals surface area contributed by atoms with Crippen molar-refractivity contribution in [2.24, 2.45) is 0 Å². The summed E-state index contributed by atoms with van der Waals surface area (Å²) in [6, 6.07) is 7.45. The quantitative estimate of drug-likeness (QED) is 0.297. The molecule has 2 aromatic rings. The predicted octanol–water partition coefficient (Wildman–Crippen LogP) is 4.10. The van der Waals surface area contributed by atoms with Gasteiger partial charge in [0, 0.05) is 6.42 Å². The number of methoxy groups -OCH3 is 1. The summed E-state index contributed by atoms with van der Waals surface area (Å²) in [6.07, 6.45) is 7.10. The van der Waals surface area contributed by atoms with Gasteiger partial charge in [-0.15, -0.1) is 0 Å². The van der Waals surface area contributed by atoms with Gasteiger partial charge >= 0.3 is 5.97 Å². The summed E-state index contributed by atoms with van der Waals surface area (Å²) >= 11 is 0. The normalized spacial score (nSPS) is 14.5. The maximum absolute atomic E-state index is 11.2. The Morgan fingerprint density at radius 1 is 1.00 bits per heavy atom. The molecule has 2 rings (SSSR count). The zero-order chi connectivity index (χ0) is 23.3. The van der Waals surface area contributed by atoms with Gasteiger partial charge in [-0.1, -0.05) is 57.2 Å². The minimum atomic E-state index is -1.13. The third-order valence-corrected chi connectivity index (χ3v) is 5.48. The topological polar surface area (TPSA) is 113 Å². The lowest BCUT2D eigenvalue weighted by molar-refractivity contribution is -0.140. The molecule has 0 aliphatic carbocycles. The van der Waals surface area contributed by atoms with Gasteiger partial charge in [-0.05, 0) is 37.5 Å². The summed E-state index contributed by atoms with van der Waals surface area (Å²) in [5, 5.41) is 31.3. The molecule has 7 heteroatoms. The molecule has 0 bridgehead atoms. The van der Waals surface area contributed by atoms with Crippen LogP contribution in [0.4, 0.5) is 0 Å². The Morgan fingerprint density at radius 3 is 2.38 bits per heavy atom. The molecule has 7 nitrogen and oxygen atoms in total. The number of unbranched alkanes of at least 4 members (excludes halogenated alkanes) is 4. The first kappa shape index (κ1) is 25.9. The van der Waals surface area contributed by atoms with E-state index in [0.29, 0.717) is 35.3 Å². The van der Waals surface area contributed by atoms with E-state index < -0.39 is 18.3 Å². The summed E-state index contributed by atoms with van der Waals surface area (Å²) in [5.41, 5.74) is 2.35. The number of benzene rings is 1. The van der Waals surface area contributed by atoms with Crippen molar-refractivity contribution in [1.82, 2.24) is 9.97 Å². The van der Waals surface area contributed by atoms with Crippen LogP contribution in [0.5, 0.6) is 0 Å². The first-order valence-electron chi connectivity index (χ1n) is 11.5. The molecule has 0 saturated carbocycles. The molecule has 0 unspecified atom stereocenters. The van der Waals surface area contributed by atoms with Crippen molar-refractivity contribution in [2.45, 2.75) is 83.0 Å². The molecule has 3 atom stereocenters. The van der Waals surface area contributed by atoms with E-state index in [1.807, 2.05) is 24.3 Å². The average molecular weight is 445 g/mol. The molecular formula is C25H36N2O5. The highest BCUT2D eigenvalue weighted by atomic mass is 16.5. The zero-order valence-corrected chi connectivity index (χ0v) is 19.1. The Morgan fingerprint density at radius 2 is 1.69 bits per heavy atom. The van der Waals surface area contributed by atoms with E-state index in [4.69, 9.17) is 0 Å². The van der Waals surface area contributed by atoms with Crippen LogP contribution < -0.4 is 0 Å². The van der Waals surface area contributed by atoms with Crippen LogP contribution in [-0.4, -0.2) is 50.6 Å². The Kier molecular flexibility index (Phi) is 11.3. The van der Waals surface area contributed by atoms with Crippen molar-refractivity contribution >= 4 is 23.1 Å². The van der Waals surface area contributed by atoms with Gasteiger partial charge in [0.25, 0.3) is 0 Å². The maximum atomic E-state index is 11.2. The van der Waals surface area contributed by atoms with Crippen LogP contribution in [0.1, 0.15) is 82.2 Å². The lowest BCUT2D eigenvalue weighted by Gasteiger charge is -2.16. The van der Waals surface area contributed by atoms with Crippen LogP contribution in [0.25, 0.3) is 17.1 Å². The van der Waals surface area contributed by atoms with E-state index in [2.05, 4.69) is 21.6 Å². The Labute approximate surface area is 190 Å². The second-order valence-electron chi connectivity index (χ2n) is 8.09. The summed E-state index contributed by atoms with van der Waals surface area (Å²) < 4.78 is 4.58. The smallest absolute Gasteiger partial charge is 0.305 e. The number of nitrogens with zero attached hydrogens (tertiary/aromatic N) is 2. The second kappa shape index (κ2) is 13.9. The van der Waals surface area contributed by atoms with Gasteiger partial charge < -0.3 is 20.1 Å². The number of hydrogen-bond donors (Lipinski definition) is 3. The van der Waals surface area contributed by atoms with Gasteiger partial charge in [-0.3, -0.25) is 4.79 Å². The first-order valence-corrected chi connectivity index (χ1v) is 11.5. The fourth-order valence-corrected chi connectivity index (χ4v) is 3.52. The van der Waals surface area contributed by atoms with Crippen LogP contribution in [0.3, 0.4) is 0 Å². The first-order chi connectivity index (χ1) is 15.5. The van der Waals surface area contributed by atoms with Crippen LogP contribution in [0.15, 0.2) is 30.3 Å². The molecule has 176 valence electrons.